The number of hydrogen-bond donors (Lipinski definition) is 2. The number of urea groups is 1. The number of nitrogens with zero attached hydrogens (tertiary/aromatic N) is 1. The maximum atomic E-state index is 13.8. The summed E-state index contributed by atoms with van der Waals surface area (Å²) in [5.41, 5.74) is 1.30. The first-order chi connectivity index (χ1) is 12.1. The van der Waals surface area contributed by atoms with Crippen LogP contribution in [0.2, 0.25) is 0 Å². The number of carbonyl (C=O) groups excluding carboxylic acids is 2. The number of thiophene rings is 1. The van der Waals surface area contributed by atoms with Crippen LogP contribution in [-0.2, 0) is 0 Å². The lowest BCUT2D eigenvalue weighted by atomic mass is 10.2. The number of amides is 3. The molecular formula is C18H14FN3O2S. The highest BCUT2D eigenvalue weighted by atomic mass is 32.1. The average Bonchev–Trinajstić information content (AvgIpc) is 3.22. The minimum atomic E-state index is -0.338. The maximum absolute atomic E-state index is 13.8. The van der Waals surface area contributed by atoms with Crippen LogP contribution >= 0.6 is 11.3 Å². The maximum Gasteiger partial charge on any atom is 0.321 e. The zero-order valence-corrected chi connectivity index (χ0v) is 13.9. The van der Waals surface area contributed by atoms with Gasteiger partial charge in [-0.25, -0.2) is 9.18 Å². The van der Waals surface area contributed by atoms with E-state index in [-0.39, 0.29) is 17.8 Å². The zero-order chi connectivity index (χ0) is 17.4. The van der Waals surface area contributed by atoms with Gasteiger partial charge in [-0.2, -0.15) is 0 Å². The molecule has 1 saturated heterocycles. The third kappa shape index (κ3) is 2.94. The standard InChI is InChI=1S/C18H14FN3O2S/c19-14-5-2-6-15-13(14)10-16(25-15)17(23)21-11-3-1-4-12(9-11)22-8-7-20-18(22)24/h1-6,9-10H,7-8H2,(H,20,24)(H,21,23). The second kappa shape index (κ2) is 6.18. The lowest BCUT2D eigenvalue weighted by Gasteiger charge is -2.15. The Hall–Kier alpha value is -2.93. The number of carbonyl (C=O) groups is 2. The predicted octanol–water partition coefficient (Wildman–Crippen LogP) is 3.82. The van der Waals surface area contributed by atoms with E-state index in [9.17, 15) is 14.0 Å². The number of hydrogen-bond acceptors (Lipinski definition) is 3. The first kappa shape index (κ1) is 15.6. The van der Waals surface area contributed by atoms with E-state index in [2.05, 4.69) is 10.6 Å². The summed E-state index contributed by atoms with van der Waals surface area (Å²) in [5.74, 6) is -0.640. The van der Waals surface area contributed by atoms with Gasteiger partial charge in [0.2, 0.25) is 0 Å². The summed E-state index contributed by atoms with van der Waals surface area (Å²) in [4.78, 5) is 26.3. The van der Waals surface area contributed by atoms with E-state index in [1.165, 1.54) is 17.4 Å². The smallest absolute Gasteiger partial charge is 0.321 e. The molecule has 0 saturated carbocycles. The van der Waals surface area contributed by atoms with Crippen molar-refractivity contribution in [2.75, 3.05) is 23.3 Å². The number of nitrogens with one attached hydrogen (secondary N) is 2. The Labute approximate surface area is 147 Å². The minimum Gasteiger partial charge on any atom is -0.336 e. The molecule has 3 aromatic rings. The van der Waals surface area contributed by atoms with Gasteiger partial charge >= 0.3 is 6.03 Å². The van der Waals surface area contributed by atoms with Crippen molar-refractivity contribution >= 4 is 44.7 Å². The largest absolute Gasteiger partial charge is 0.336 e. The SMILES string of the molecule is O=C(Nc1cccc(N2CCNC2=O)c1)c1cc2c(F)cccc2s1. The Bertz CT molecular complexity index is 985. The summed E-state index contributed by atoms with van der Waals surface area (Å²) in [6, 6.07) is 13.3. The number of anilines is 2. The van der Waals surface area contributed by atoms with Gasteiger partial charge in [-0.3, -0.25) is 9.69 Å². The summed E-state index contributed by atoms with van der Waals surface area (Å²) < 4.78 is 14.5. The second-order valence-corrected chi connectivity index (χ2v) is 6.73. The summed E-state index contributed by atoms with van der Waals surface area (Å²) in [7, 11) is 0. The molecule has 3 amide bonds. The Kier molecular flexibility index (Phi) is 3.85. The van der Waals surface area contributed by atoms with Gasteiger partial charge in [0.05, 0.1) is 4.88 Å². The monoisotopic (exact) mass is 355 g/mol. The van der Waals surface area contributed by atoms with E-state index in [1.807, 2.05) is 6.07 Å². The highest BCUT2D eigenvalue weighted by Crippen LogP contribution is 2.28. The van der Waals surface area contributed by atoms with Crippen LogP contribution in [0.15, 0.2) is 48.5 Å². The molecule has 7 heteroatoms. The van der Waals surface area contributed by atoms with Crippen LogP contribution in [0.25, 0.3) is 10.1 Å². The van der Waals surface area contributed by atoms with Crippen molar-refractivity contribution in [2.45, 2.75) is 0 Å². The molecule has 1 aromatic heterocycles. The van der Waals surface area contributed by atoms with Gasteiger partial charge in [0, 0.05) is 34.6 Å². The first-order valence-electron chi connectivity index (χ1n) is 7.77. The van der Waals surface area contributed by atoms with Crippen LogP contribution in [0, 0.1) is 5.82 Å². The number of fused-ring (bicyclic) bond motifs is 1. The lowest BCUT2D eigenvalue weighted by Crippen LogP contribution is -2.27. The van der Waals surface area contributed by atoms with Gasteiger partial charge in [0.25, 0.3) is 5.91 Å². The second-order valence-electron chi connectivity index (χ2n) is 5.65. The van der Waals surface area contributed by atoms with Gasteiger partial charge < -0.3 is 10.6 Å². The van der Waals surface area contributed by atoms with E-state index in [4.69, 9.17) is 0 Å². The normalized spacial score (nSPS) is 14.0. The number of benzene rings is 2. The third-order valence-corrected chi connectivity index (χ3v) is 5.10. The van der Waals surface area contributed by atoms with Crippen molar-refractivity contribution in [3.8, 4) is 0 Å². The molecule has 5 nitrogen and oxygen atoms in total. The molecule has 0 bridgehead atoms. The quantitative estimate of drug-likeness (QED) is 0.750. The molecule has 2 aromatic carbocycles. The molecule has 1 fully saturated rings. The molecule has 0 aliphatic carbocycles. The molecule has 2 N–H and O–H groups in total. The van der Waals surface area contributed by atoms with Crippen molar-refractivity contribution in [3.63, 3.8) is 0 Å². The van der Waals surface area contributed by atoms with E-state index in [0.29, 0.717) is 29.0 Å². The number of halogens is 1. The molecule has 0 radical (unpaired) electrons. The van der Waals surface area contributed by atoms with Gasteiger partial charge in [-0.1, -0.05) is 12.1 Å². The fourth-order valence-corrected chi connectivity index (χ4v) is 3.77. The fourth-order valence-electron chi connectivity index (χ4n) is 2.80. The van der Waals surface area contributed by atoms with Crippen molar-refractivity contribution in [3.05, 3.63) is 59.2 Å². The number of rotatable bonds is 3. The van der Waals surface area contributed by atoms with E-state index < -0.39 is 0 Å². The van der Waals surface area contributed by atoms with Crippen molar-refractivity contribution in [1.82, 2.24) is 5.32 Å². The van der Waals surface area contributed by atoms with E-state index in [1.54, 1.807) is 41.3 Å². The molecular weight excluding hydrogens is 341 g/mol. The summed E-state index contributed by atoms with van der Waals surface area (Å²) >= 11 is 1.24. The minimum absolute atomic E-state index is 0.150. The Balaban J connectivity index is 1.57. The summed E-state index contributed by atoms with van der Waals surface area (Å²) in [6.07, 6.45) is 0. The molecule has 2 heterocycles. The molecule has 0 spiro atoms. The van der Waals surface area contributed by atoms with Gasteiger partial charge in [0.15, 0.2) is 0 Å². The predicted molar refractivity (Wildman–Crippen MR) is 96.9 cm³/mol. The molecule has 0 atom stereocenters. The summed E-state index contributed by atoms with van der Waals surface area (Å²) in [6.45, 7) is 1.19. The van der Waals surface area contributed by atoms with E-state index >= 15 is 0 Å². The summed E-state index contributed by atoms with van der Waals surface area (Å²) in [5, 5.41) is 5.99. The van der Waals surface area contributed by atoms with Gasteiger partial charge in [0.1, 0.15) is 5.82 Å². The Morgan fingerprint density at radius 3 is 2.80 bits per heavy atom. The lowest BCUT2D eigenvalue weighted by molar-refractivity contribution is 0.103. The molecule has 25 heavy (non-hydrogen) atoms. The fraction of sp³-hybridized carbons (Fsp3) is 0.111. The van der Waals surface area contributed by atoms with Crippen molar-refractivity contribution < 1.29 is 14.0 Å². The molecule has 0 unspecified atom stereocenters. The molecule has 126 valence electrons. The van der Waals surface area contributed by atoms with Crippen molar-refractivity contribution in [2.24, 2.45) is 0 Å². The van der Waals surface area contributed by atoms with Crippen LogP contribution < -0.4 is 15.5 Å². The Morgan fingerprint density at radius 1 is 1.20 bits per heavy atom. The van der Waals surface area contributed by atoms with Crippen molar-refractivity contribution in [1.29, 1.82) is 0 Å². The zero-order valence-electron chi connectivity index (χ0n) is 13.1. The van der Waals surface area contributed by atoms with Gasteiger partial charge in [-0.15, -0.1) is 11.3 Å². The first-order valence-corrected chi connectivity index (χ1v) is 8.58. The average molecular weight is 355 g/mol. The molecule has 1 aliphatic heterocycles. The van der Waals surface area contributed by atoms with Crippen LogP contribution in [-0.4, -0.2) is 25.0 Å². The molecule has 1 aliphatic rings. The van der Waals surface area contributed by atoms with Crippen LogP contribution in [0.4, 0.5) is 20.6 Å². The topological polar surface area (TPSA) is 61.4 Å². The van der Waals surface area contributed by atoms with Crippen LogP contribution in [0.5, 0.6) is 0 Å². The van der Waals surface area contributed by atoms with Gasteiger partial charge in [-0.05, 0) is 36.4 Å². The van der Waals surface area contributed by atoms with E-state index in [0.717, 1.165) is 10.4 Å². The Morgan fingerprint density at radius 2 is 2.04 bits per heavy atom. The van der Waals surface area contributed by atoms with Crippen LogP contribution in [0.1, 0.15) is 9.67 Å². The highest BCUT2D eigenvalue weighted by Gasteiger charge is 2.21. The van der Waals surface area contributed by atoms with Crippen LogP contribution in [0.3, 0.4) is 0 Å². The highest BCUT2D eigenvalue weighted by molar-refractivity contribution is 7.20. The molecule has 4 rings (SSSR count). The third-order valence-electron chi connectivity index (χ3n) is 4.00.